The number of carboxylic acids is 1. The van der Waals surface area contributed by atoms with Crippen molar-refractivity contribution in [2.75, 3.05) is 26.2 Å². The number of hydrogen-bond donors (Lipinski definition) is 2. The maximum Gasteiger partial charge on any atom is 0.410 e. The Kier molecular flexibility index (Phi) is 10.9. The summed E-state index contributed by atoms with van der Waals surface area (Å²) < 4.78 is 11.3. The molecular weight excluding hydrogens is 510 g/mol. The van der Waals surface area contributed by atoms with Gasteiger partial charge in [-0.15, -0.1) is 12.4 Å². The van der Waals surface area contributed by atoms with Gasteiger partial charge in [-0.05, 0) is 36.5 Å². The summed E-state index contributed by atoms with van der Waals surface area (Å²) in [5.74, 6) is -1.10. The van der Waals surface area contributed by atoms with Crippen LogP contribution in [0.1, 0.15) is 48.9 Å². The predicted molar refractivity (Wildman–Crippen MR) is 144 cm³/mol. The van der Waals surface area contributed by atoms with Gasteiger partial charge >= 0.3 is 12.1 Å². The number of carboxylic acid groups (broad SMARTS) is 1. The van der Waals surface area contributed by atoms with Gasteiger partial charge in [0.1, 0.15) is 13.2 Å². The molecule has 2 aliphatic rings. The lowest BCUT2D eigenvalue weighted by molar-refractivity contribution is -0.137. The summed E-state index contributed by atoms with van der Waals surface area (Å²) in [7, 11) is 0. The second kappa shape index (κ2) is 14.1. The fourth-order valence-corrected chi connectivity index (χ4v) is 5.05. The summed E-state index contributed by atoms with van der Waals surface area (Å²) >= 11 is 0. The van der Waals surface area contributed by atoms with Crippen LogP contribution in [-0.4, -0.2) is 71.4 Å². The van der Waals surface area contributed by atoms with Gasteiger partial charge in [-0.25, -0.2) is 4.79 Å². The van der Waals surface area contributed by atoms with Crippen LogP contribution in [0.5, 0.6) is 0 Å². The lowest BCUT2D eigenvalue weighted by atomic mass is 9.91. The number of ether oxygens (including phenoxy) is 2. The summed E-state index contributed by atoms with van der Waals surface area (Å²) in [5, 5.41) is 12.2. The second-order valence-corrected chi connectivity index (χ2v) is 9.58. The van der Waals surface area contributed by atoms with Gasteiger partial charge in [-0.2, -0.15) is 0 Å². The van der Waals surface area contributed by atoms with Gasteiger partial charge < -0.3 is 24.8 Å². The SMILES string of the molecule is CC1c2ccccc2CC(NC(=O)COC2CCN(C(=O)OCc3ccccc3)CC2)N1CCC(=O)O.Cl. The van der Waals surface area contributed by atoms with E-state index in [2.05, 4.69) is 17.4 Å². The van der Waals surface area contributed by atoms with Crippen molar-refractivity contribution in [3.63, 3.8) is 0 Å². The summed E-state index contributed by atoms with van der Waals surface area (Å²) in [6.45, 7) is 3.57. The molecule has 0 aromatic heterocycles. The van der Waals surface area contributed by atoms with Crippen LogP contribution < -0.4 is 5.32 Å². The Balaban J connectivity index is 0.00000400. The number of nitrogens with zero attached hydrogens (tertiary/aromatic N) is 2. The number of piperidine rings is 1. The highest BCUT2D eigenvalue weighted by atomic mass is 35.5. The number of aliphatic carboxylic acids is 1. The minimum atomic E-state index is -0.866. The standard InChI is InChI=1S/C28H35N3O6.ClH/c1-20-24-10-6-5-9-22(24)17-25(31(20)16-13-27(33)34)29-26(32)19-36-23-11-14-30(15-12-23)28(35)37-18-21-7-3-2-4-8-21;/h2-10,20,23,25H,11-19H2,1H3,(H,29,32)(H,33,34);1H. The highest BCUT2D eigenvalue weighted by molar-refractivity contribution is 5.85. The molecule has 0 radical (unpaired) electrons. The Morgan fingerprint density at radius 3 is 2.42 bits per heavy atom. The number of carbonyl (C=O) groups is 3. The van der Waals surface area contributed by atoms with Crippen LogP contribution in [0.25, 0.3) is 0 Å². The number of carbonyl (C=O) groups excluding carboxylic acids is 2. The molecule has 2 aromatic rings. The number of hydrogen-bond acceptors (Lipinski definition) is 6. The number of rotatable bonds is 9. The van der Waals surface area contributed by atoms with Crippen molar-refractivity contribution >= 4 is 30.4 Å². The van der Waals surface area contributed by atoms with E-state index < -0.39 is 5.97 Å². The third kappa shape index (κ3) is 7.93. The Hall–Kier alpha value is -3.14. The van der Waals surface area contributed by atoms with E-state index in [1.807, 2.05) is 54.3 Å². The van der Waals surface area contributed by atoms with Crippen molar-refractivity contribution < 1.29 is 29.0 Å². The van der Waals surface area contributed by atoms with Crippen LogP contribution in [-0.2, 0) is 32.1 Å². The van der Waals surface area contributed by atoms with Crippen LogP contribution in [0.3, 0.4) is 0 Å². The number of fused-ring (bicyclic) bond motifs is 1. The monoisotopic (exact) mass is 545 g/mol. The quantitative estimate of drug-likeness (QED) is 0.494. The first-order chi connectivity index (χ1) is 17.9. The van der Waals surface area contributed by atoms with E-state index >= 15 is 0 Å². The van der Waals surface area contributed by atoms with Crippen molar-refractivity contribution in [2.24, 2.45) is 0 Å². The van der Waals surface area contributed by atoms with Gasteiger partial charge in [0.25, 0.3) is 0 Å². The molecule has 2 N–H and O–H groups in total. The second-order valence-electron chi connectivity index (χ2n) is 9.58. The molecule has 38 heavy (non-hydrogen) atoms. The smallest absolute Gasteiger partial charge is 0.410 e. The summed E-state index contributed by atoms with van der Waals surface area (Å²) in [6.07, 6.45) is 1.11. The zero-order chi connectivity index (χ0) is 26.2. The molecule has 2 aromatic carbocycles. The fourth-order valence-electron chi connectivity index (χ4n) is 5.05. The molecule has 2 aliphatic heterocycles. The minimum absolute atomic E-state index is 0. The van der Waals surface area contributed by atoms with Gasteiger partial charge in [0.15, 0.2) is 0 Å². The van der Waals surface area contributed by atoms with Gasteiger partial charge in [-0.3, -0.25) is 14.5 Å². The van der Waals surface area contributed by atoms with E-state index in [4.69, 9.17) is 9.47 Å². The maximum atomic E-state index is 12.8. The zero-order valence-corrected chi connectivity index (χ0v) is 22.4. The van der Waals surface area contributed by atoms with E-state index in [0.29, 0.717) is 38.9 Å². The topological polar surface area (TPSA) is 108 Å². The zero-order valence-electron chi connectivity index (χ0n) is 21.6. The number of likely N-dealkylation sites (tertiary alicyclic amines) is 1. The molecule has 0 aliphatic carbocycles. The van der Waals surface area contributed by atoms with E-state index in [9.17, 15) is 19.5 Å². The molecule has 2 unspecified atom stereocenters. The summed E-state index contributed by atoms with van der Waals surface area (Å²) in [5.41, 5.74) is 3.25. The van der Waals surface area contributed by atoms with Gasteiger partial charge in [-0.1, -0.05) is 54.6 Å². The van der Waals surface area contributed by atoms with Crippen LogP contribution in [0.4, 0.5) is 4.79 Å². The van der Waals surface area contributed by atoms with Crippen LogP contribution in [0, 0.1) is 0 Å². The Morgan fingerprint density at radius 2 is 1.71 bits per heavy atom. The van der Waals surface area contributed by atoms with Crippen LogP contribution in [0.2, 0.25) is 0 Å². The molecule has 9 nitrogen and oxygen atoms in total. The molecule has 0 bridgehead atoms. The Bertz CT molecular complexity index is 1080. The molecule has 1 saturated heterocycles. The molecule has 0 spiro atoms. The third-order valence-electron chi connectivity index (χ3n) is 7.08. The first-order valence-corrected chi connectivity index (χ1v) is 12.8. The average Bonchev–Trinajstić information content (AvgIpc) is 2.91. The van der Waals surface area contributed by atoms with E-state index in [-0.39, 0.29) is 62.4 Å². The number of benzene rings is 2. The average molecular weight is 546 g/mol. The fraction of sp³-hybridized carbons (Fsp3) is 0.464. The first-order valence-electron chi connectivity index (χ1n) is 12.8. The minimum Gasteiger partial charge on any atom is -0.481 e. The molecule has 2 amide bonds. The number of amides is 2. The Morgan fingerprint density at radius 1 is 1.03 bits per heavy atom. The van der Waals surface area contributed by atoms with Crippen molar-refractivity contribution in [3.05, 3.63) is 71.3 Å². The largest absolute Gasteiger partial charge is 0.481 e. The van der Waals surface area contributed by atoms with E-state index in [0.717, 1.165) is 16.7 Å². The highest BCUT2D eigenvalue weighted by Gasteiger charge is 2.33. The third-order valence-corrected chi connectivity index (χ3v) is 7.08. The predicted octanol–water partition coefficient (Wildman–Crippen LogP) is 3.76. The van der Waals surface area contributed by atoms with E-state index in [1.165, 1.54) is 0 Å². The molecule has 10 heteroatoms. The molecule has 1 fully saturated rings. The van der Waals surface area contributed by atoms with Gasteiger partial charge in [0, 0.05) is 32.1 Å². The first kappa shape index (κ1) is 29.4. The molecule has 2 heterocycles. The maximum absolute atomic E-state index is 12.8. The Labute approximate surface area is 229 Å². The lowest BCUT2D eigenvalue weighted by Gasteiger charge is -2.42. The van der Waals surface area contributed by atoms with Gasteiger partial charge in [0.2, 0.25) is 5.91 Å². The lowest BCUT2D eigenvalue weighted by Crippen LogP contribution is -2.54. The van der Waals surface area contributed by atoms with Gasteiger partial charge in [0.05, 0.1) is 18.7 Å². The number of nitrogens with one attached hydrogen (secondary N) is 1. The highest BCUT2D eigenvalue weighted by Crippen LogP contribution is 2.32. The van der Waals surface area contributed by atoms with Crippen molar-refractivity contribution in [1.29, 1.82) is 0 Å². The van der Waals surface area contributed by atoms with Crippen LogP contribution >= 0.6 is 12.4 Å². The molecule has 0 saturated carbocycles. The summed E-state index contributed by atoms with van der Waals surface area (Å²) in [4.78, 5) is 40.1. The van der Waals surface area contributed by atoms with Crippen molar-refractivity contribution in [3.8, 4) is 0 Å². The summed E-state index contributed by atoms with van der Waals surface area (Å²) in [6, 6.07) is 17.6. The molecule has 4 rings (SSSR count). The number of halogens is 1. The normalized spacial score (nSPS) is 19.7. The van der Waals surface area contributed by atoms with Crippen LogP contribution in [0.15, 0.2) is 54.6 Å². The van der Waals surface area contributed by atoms with Crippen molar-refractivity contribution in [1.82, 2.24) is 15.1 Å². The molecule has 206 valence electrons. The van der Waals surface area contributed by atoms with Crippen molar-refractivity contribution in [2.45, 2.75) is 57.5 Å². The molecular formula is C28H36ClN3O6. The molecule has 2 atom stereocenters. The van der Waals surface area contributed by atoms with E-state index in [1.54, 1.807) is 4.90 Å².